The molecule has 130 valence electrons. The number of nitrogens with zero attached hydrogens (tertiary/aromatic N) is 1. The van der Waals surface area contributed by atoms with Crippen LogP contribution in [0.1, 0.15) is 12.5 Å². The summed E-state index contributed by atoms with van der Waals surface area (Å²) in [4.78, 5) is 31.1. The fourth-order valence-corrected chi connectivity index (χ4v) is 2.70. The number of carbonyl (C=O) groups excluding carboxylic acids is 1. The molecule has 0 unspecified atom stereocenters. The maximum atomic E-state index is 12.5. The number of H-pyrrole nitrogens is 2. The molecule has 0 aliphatic rings. The molecule has 1 heterocycles. The van der Waals surface area contributed by atoms with Crippen LogP contribution in [0.3, 0.4) is 0 Å². The molecule has 0 radical (unpaired) electrons. The summed E-state index contributed by atoms with van der Waals surface area (Å²) in [5, 5.41) is 3.57. The van der Waals surface area contributed by atoms with Gasteiger partial charge in [-0.2, -0.15) is 0 Å². The number of nitrogens with one attached hydrogen (secondary N) is 3. The van der Waals surface area contributed by atoms with Crippen molar-refractivity contribution in [1.29, 1.82) is 0 Å². The van der Waals surface area contributed by atoms with Crippen LogP contribution in [0.2, 0.25) is 5.02 Å². The maximum Gasteiger partial charge on any atom is 0.323 e. The monoisotopic (exact) mass is 358 g/mol. The number of aromatic amines is 2. The molecule has 0 spiro atoms. The predicted molar refractivity (Wildman–Crippen MR) is 99.9 cm³/mol. The summed E-state index contributed by atoms with van der Waals surface area (Å²) in [7, 11) is 1.89. The molecule has 1 amide bonds. The van der Waals surface area contributed by atoms with Crippen LogP contribution in [0.25, 0.3) is 11.0 Å². The Balaban J connectivity index is 1.66. The van der Waals surface area contributed by atoms with E-state index in [1.54, 1.807) is 18.2 Å². The van der Waals surface area contributed by atoms with E-state index in [0.29, 0.717) is 28.3 Å². The number of rotatable bonds is 5. The second-order valence-electron chi connectivity index (χ2n) is 6.05. The highest BCUT2D eigenvalue weighted by Crippen LogP contribution is 2.16. The second-order valence-corrected chi connectivity index (χ2v) is 6.48. The van der Waals surface area contributed by atoms with E-state index in [1.165, 1.54) is 0 Å². The van der Waals surface area contributed by atoms with E-state index in [1.807, 2.05) is 43.1 Å². The van der Waals surface area contributed by atoms with Crippen LogP contribution in [-0.4, -0.2) is 33.9 Å². The summed E-state index contributed by atoms with van der Waals surface area (Å²) >= 11 is 5.89. The van der Waals surface area contributed by atoms with Gasteiger partial charge in [-0.3, -0.25) is 9.69 Å². The SMILES string of the molecule is C[C@@H](C(=O)Nc1ccc2[nH]c(=O)[nH]c2c1)N(C)Cc1ccc(Cl)cc1. The minimum atomic E-state index is -0.323. The third-order valence-corrected chi connectivity index (χ3v) is 4.42. The minimum Gasteiger partial charge on any atom is -0.325 e. The molecule has 1 aromatic heterocycles. The Bertz CT molecular complexity index is 946. The molecule has 3 N–H and O–H groups in total. The summed E-state index contributed by atoms with van der Waals surface area (Å²) < 4.78 is 0. The predicted octanol–water partition coefficient (Wildman–Crippen LogP) is 2.97. The maximum absolute atomic E-state index is 12.5. The molecule has 0 bridgehead atoms. The van der Waals surface area contributed by atoms with Crippen LogP contribution in [0, 0.1) is 0 Å². The molecular formula is C18H19ClN4O2. The molecule has 0 aliphatic carbocycles. The lowest BCUT2D eigenvalue weighted by molar-refractivity contribution is -0.120. The molecule has 1 atom stereocenters. The minimum absolute atomic E-state index is 0.117. The number of anilines is 1. The van der Waals surface area contributed by atoms with Gasteiger partial charge in [0.1, 0.15) is 0 Å². The number of carbonyl (C=O) groups is 1. The van der Waals surface area contributed by atoms with Crippen LogP contribution in [0.4, 0.5) is 5.69 Å². The highest BCUT2D eigenvalue weighted by molar-refractivity contribution is 6.30. The van der Waals surface area contributed by atoms with Crippen LogP contribution in [0.15, 0.2) is 47.3 Å². The Hall–Kier alpha value is -2.57. The van der Waals surface area contributed by atoms with Gasteiger partial charge in [-0.25, -0.2) is 4.79 Å². The van der Waals surface area contributed by atoms with Gasteiger partial charge in [0.05, 0.1) is 17.1 Å². The van der Waals surface area contributed by atoms with Gasteiger partial charge in [0.2, 0.25) is 5.91 Å². The summed E-state index contributed by atoms with van der Waals surface area (Å²) in [6, 6.07) is 12.5. The Kier molecular flexibility index (Phi) is 4.92. The Morgan fingerprint density at radius 3 is 2.56 bits per heavy atom. The number of imidazole rings is 1. The van der Waals surface area contributed by atoms with Crippen molar-refractivity contribution in [3.63, 3.8) is 0 Å². The fourth-order valence-electron chi connectivity index (χ4n) is 2.57. The quantitative estimate of drug-likeness (QED) is 0.656. The zero-order valence-electron chi connectivity index (χ0n) is 14.0. The standard InChI is InChI=1S/C18H19ClN4O2/c1-11(23(2)10-12-3-5-13(19)6-4-12)17(24)20-14-7-8-15-16(9-14)22-18(25)21-15/h3-9,11H,10H2,1-2H3,(H,20,24)(H2,21,22,25)/t11-/m0/s1. The molecule has 6 nitrogen and oxygen atoms in total. The molecule has 0 aliphatic heterocycles. The van der Waals surface area contributed by atoms with Gasteiger partial charge in [-0.15, -0.1) is 0 Å². The lowest BCUT2D eigenvalue weighted by Gasteiger charge is -2.24. The molecule has 2 aromatic carbocycles. The van der Waals surface area contributed by atoms with Crippen molar-refractivity contribution in [3.05, 3.63) is 63.5 Å². The molecule has 25 heavy (non-hydrogen) atoms. The lowest BCUT2D eigenvalue weighted by Crippen LogP contribution is -2.39. The van der Waals surface area contributed by atoms with E-state index in [9.17, 15) is 9.59 Å². The van der Waals surface area contributed by atoms with E-state index in [2.05, 4.69) is 15.3 Å². The summed E-state index contributed by atoms with van der Waals surface area (Å²) in [6.45, 7) is 2.48. The first kappa shape index (κ1) is 17.3. The van der Waals surface area contributed by atoms with Gasteiger partial charge >= 0.3 is 5.69 Å². The smallest absolute Gasteiger partial charge is 0.323 e. The first-order valence-corrected chi connectivity index (χ1v) is 8.28. The van der Waals surface area contributed by atoms with E-state index < -0.39 is 0 Å². The summed E-state index contributed by atoms with van der Waals surface area (Å²) in [5.41, 5.74) is 2.81. The van der Waals surface area contributed by atoms with Crippen LogP contribution in [0.5, 0.6) is 0 Å². The first-order valence-electron chi connectivity index (χ1n) is 7.90. The van der Waals surface area contributed by atoms with Crippen molar-refractivity contribution >= 4 is 34.2 Å². The van der Waals surface area contributed by atoms with Gasteiger partial charge < -0.3 is 15.3 Å². The number of benzene rings is 2. The third-order valence-electron chi connectivity index (χ3n) is 4.17. The molecule has 0 saturated carbocycles. The summed E-state index contributed by atoms with van der Waals surface area (Å²) in [6.07, 6.45) is 0. The first-order chi connectivity index (χ1) is 11.9. The second kappa shape index (κ2) is 7.13. The van der Waals surface area contributed by atoms with Gasteiger partial charge in [-0.05, 0) is 49.9 Å². The zero-order valence-corrected chi connectivity index (χ0v) is 14.7. The molecular weight excluding hydrogens is 340 g/mol. The van der Waals surface area contributed by atoms with Crippen molar-refractivity contribution in [1.82, 2.24) is 14.9 Å². The Labute approximate surface area is 149 Å². The number of hydrogen-bond acceptors (Lipinski definition) is 3. The molecule has 3 aromatic rings. The number of aromatic nitrogens is 2. The van der Waals surface area contributed by atoms with E-state index >= 15 is 0 Å². The van der Waals surface area contributed by atoms with Crippen molar-refractivity contribution < 1.29 is 4.79 Å². The van der Waals surface area contributed by atoms with Crippen molar-refractivity contribution in [2.24, 2.45) is 0 Å². The largest absolute Gasteiger partial charge is 0.325 e. The van der Waals surface area contributed by atoms with E-state index in [0.717, 1.165) is 5.56 Å². The molecule has 0 fully saturated rings. The molecule has 0 saturated heterocycles. The number of amides is 1. The van der Waals surface area contributed by atoms with E-state index in [4.69, 9.17) is 11.6 Å². The average Bonchev–Trinajstić information content (AvgIpc) is 2.95. The van der Waals surface area contributed by atoms with Crippen LogP contribution < -0.4 is 11.0 Å². The third kappa shape index (κ3) is 4.10. The van der Waals surface area contributed by atoms with Crippen LogP contribution in [-0.2, 0) is 11.3 Å². The van der Waals surface area contributed by atoms with E-state index in [-0.39, 0.29) is 17.6 Å². The molecule has 3 rings (SSSR count). The van der Waals surface area contributed by atoms with Crippen molar-refractivity contribution in [2.45, 2.75) is 19.5 Å². The Morgan fingerprint density at radius 1 is 1.16 bits per heavy atom. The van der Waals surface area contributed by atoms with Crippen molar-refractivity contribution in [2.75, 3.05) is 12.4 Å². The number of hydrogen-bond donors (Lipinski definition) is 3. The van der Waals surface area contributed by atoms with Crippen LogP contribution >= 0.6 is 11.6 Å². The Morgan fingerprint density at radius 2 is 1.84 bits per heavy atom. The van der Waals surface area contributed by atoms with Gasteiger partial charge in [0, 0.05) is 17.3 Å². The lowest BCUT2D eigenvalue weighted by atomic mass is 10.2. The number of halogens is 1. The van der Waals surface area contributed by atoms with Gasteiger partial charge in [0.25, 0.3) is 0 Å². The highest BCUT2D eigenvalue weighted by Gasteiger charge is 2.18. The topological polar surface area (TPSA) is 81.0 Å². The van der Waals surface area contributed by atoms with Crippen molar-refractivity contribution in [3.8, 4) is 0 Å². The summed E-state index contributed by atoms with van der Waals surface area (Å²) in [5.74, 6) is -0.117. The highest BCUT2D eigenvalue weighted by atomic mass is 35.5. The number of fused-ring (bicyclic) bond motifs is 1. The molecule has 7 heteroatoms. The normalized spacial score (nSPS) is 12.5. The zero-order chi connectivity index (χ0) is 18.0. The fraction of sp³-hybridized carbons (Fsp3) is 0.222. The number of likely N-dealkylation sites (N-methyl/N-ethyl adjacent to an activating group) is 1. The average molecular weight is 359 g/mol. The van der Waals surface area contributed by atoms with Gasteiger partial charge in [0.15, 0.2) is 0 Å². The van der Waals surface area contributed by atoms with Gasteiger partial charge in [-0.1, -0.05) is 23.7 Å².